The third-order valence-electron chi connectivity index (χ3n) is 2.67. The van der Waals surface area contributed by atoms with Gasteiger partial charge in [-0.1, -0.05) is 6.07 Å². The van der Waals surface area contributed by atoms with Gasteiger partial charge in [0, 0.05) is 0 Å². The molecule has 0 spiro atoms. The molecule has 0 aliphatic carbocycles. The van der Waals surface area contributed by atoms with Crippen molar-refractivity contribution >= 4 is 23.6 Å². The van der Waals surface area contributed by atoms with E-state index in [4.69, 9.17) is 17.5 Å². The van der Waals surface area contributed by atoms with Crippen LogP contribution in [0.1, 0.15) is 5.56 Å². The zero-order valence-electron chi connectivity index (χ0n) is 9.70. The van der Waals surface area contributed by atoms with Gasteiger partial charge in [0.15, 0.2) is 10.6 Å². The highest BCUT2D eigenvalue weighted by atomic mass is 32.1. The van der Waals surface area contributed by atoms with E-state index in [1.165, 1.54) is 0 Å². The second-order valence-corrected chi connectivity index (χ2v) is 5.16. The van der Waals surface area contributed by atoms with Crippen molar-refractivity contribution in [2.45, 2.75) is 0 Å². The molecule has 0 radical (unpaired) electrons. The van der Waals surface area contributed by atoms with Gasteiger partial charge in [0.2, 0.25) is 0 Å². The Bertz CT molecular complexity index is 789. The van der Waals surface area contributed by atoms with Gasteiger partial charge in [-0.25, -0.2) is 0 Å². The molecule has 0 bridgehead atoms. The van der Waals surface area contributed by atoms with Gasteiger partial charge >= 0.3 is 0 Å². The highest BCUT2D eigenvalue weighted by Gasteiger charge is 2.11. The number of aromatic nitrogens is 3. The van der Waals surface area contributed by atoms with E-state index >= 15 is 0 Å². The minimum atomic E-state index is 0.535. The number of H-pyrrole nitrogens is 1. The van der Waals surface area contributed by atoms with Crippen LogP contribution in [0.5, 0.6) is 0 Å². The Hall–Kier alpha value is -2.23. The number of nitriles is 1. The lowest BCUT2D eigenvalue weighted by Gasteiger charge is -2.05. The van der Waals surface area contributed by atoms with Gasteiger partial charge in [0.05, 0.1) is 22.2 Å². The van der Waals surface area contributed by atoms with Gasteiger partial charge in [0.1, 0.15) is 0 Å². The van der Waals surface area contributed by atoms with Crippen LogP contribution < -0.4 is 0 Å². The average molecular weight is 284 g/mol. The molecule has 1 aromatic carbocycles. The first kappa shape index (κ1) is 11.8. The van der Waals surface area contributed by atoms with Crippen molar-refractivity contribution in [3.05, 3.63) is 52.1 Å². The molecule has 0 atom stereocenters. The molecule has 3 rings (SSSR count). The lowest BCUT2D eigenvalue weighted by atomic mass is 10.2. The quantitative estimate of drug-likeness (QED) is 0.732. The largest absolute Gasteiger partial charge is 0.267 e. The smallest absolute Gasteiger partial charge is 0.200 e. The Morgan fingerprint density at radius 1 is 1.26 bits per heavy atom. The van der Waals surface area contributed by atoms with Crippen molar-refractivity contribution in [1.29, 1.82) is 5.26 Å². The van der Waals surface area contributed by atoms with Gasteiger partial charge in [-0.2, -0.15) is 10.4 Å². The summed E-state index contributed by atoms with van der Waals surface area (Å²) in [5.74, 6) is 0.782. The molecule has 2 aromatic heterocycles. The molecule has 4 nitrogen and oxygen atoms in total. The number of hydrogen-bond acceptors (Lipinski definition) is 4. The summed E-state index contributed by atoms with van der Waals surface area (Å²) in [6, 6.07) is 13.3. The molecular formula is C13H8N4S2. The molecule has 0 saturated carbocycles. The second kappa shape index (κ2) is 4.80. The fourth-order valence-corrected chi connectivity index (χ4v) is 2.73. The third-order valence-corrected chi connectivity index (χ3v) is 3.81. The summed E-state index contributed by atoms with van der Waals surface area (Å²) in [6.07, 6.45) is 0. The highest BCUT2D eigenvalue weighted by Crippen LogP contribution is 2.25. The maximum Gasteiger partial charge on any atom is 0.200 e. The standard InChI is InChI=1S/C13H8N4S2/c14-8-9-3-5-10(6-4-9)17-12(15-16-13(17)18)11-2-1-7-19-11/h1-7H,(H,16,18). The number of benzene rings is 1. The zero-order chi connectivity index (χ0) is 13.2. The fraction of sp³-hybridized carbons (Fsp3) is 0. The Balaban J connectivity index is 2.17. The first-order chi connectivity index (χ1) is 9.29. The van der Waals surface area contributed by atoms with Crippen LogP contribution in [0.2, 0.25) is 0 Å². The molecule has 2 heterocycles. The van der Waals surface area contributed by atoms with Crippen LogP contribution in [0, 0.1) is 16.1 Å². The Morgan fingerprint density at radius 3 is 2.68 bits per heavy atom. The van der Waals surface area contributed by atoms with Crippen molar-refractivity contribution < 1.29 is 0 Å². The Kier molecular flexibility index (Phi) is 2.99. The number of aromatic amines is 1. The summed E-state index contributed by atoms with van der Waals surface area (Å²) in [4.78, 5) is 1.04. The molecule has 0 fully saturated rings. The van der Waals surface area contributed by atoms with E-state index in [9.17, 15) is 0 Å². The lowest BCUT2D eigenvalue weighted by Crippen LogP contribution is -1.96. The van der Waals surface area contributed by atoms with Gasteiger partial charge < -0.3 is 0 Å². The van der Waals surface area contributed by atoms with Crippen molar-refractivity contribution in [1.82, 2.24) is 14.8 Å². The highest BCUT2D eigenvalue weighted by molar-refractivity contribution is 7.71. The minimum absolute atomic E-state index is 0.535. The molecule has 0 aliphatic rings. The van der Waals surface area contributed by atoms with Crippen LogP contribution in [-0.4, -0.2) is 14.8 Å². The number of nitrogens with one attached hydrogen (secondary N) is 1. The molecule has 19 heavy (non-hydrogen) atoms. The number of rotatable bonds is 2. The second-order valence-electron chi connectivity index (χ2n) is 3.82. The van der Waals surface area contributed by atoms with Gasteiger partial charge in [0.25, 0.3) is 0 Å². The monoisotopic (exact) mass is 284 g/mol. The molecular weight excluding hydrogens is 276 g/mol. The van der Waals surface area contributed by atoms with Crippen molar-refractivity contribution in [2.75, 3.05) is 0 Å². The minimum Gasteiger partial charge on any atom is -0.267 e. The lowest BCUT2D eigenvalue weighted by molar-refractivity contribution is 1.04. The summed E-state index contributed by atoms with van der Waals surface area (Å²) in [5, 5.41) is 17.9. The van der Waals surface area contributed by atoms with Crippen LogP contribution in [0.3, 0.4) is 0 Å². The van der Waals surface area contributed by atoms with Crippen LogP contribution >= 0.6 is 23.6 Å². The average Bonchev–Trinajstić information content (AvgIpc) is 3.08. The van der Waals surface area contributed by atoms with E-state index in [2.05, 4.69) is 16.3 Å². The molecule has 0 unspecified atom stereocenters. The summed E-state index contributed by atoms with van der Waals surface area (Å²) < 4.78 is 2.40. The fourth-order valence-electron chi connectivity index (χ4n) is 1.79. The zero-order valence-corrected chi connectivity index (χ0v) is 11.3. The van der Waals surface area contributed by atoms with Crippen LogP contribution in [0.4, 0.5) is 0 Å². The summed E-state index contributed by atoms with van der Waals surface area (Å²) in [7, 11) is 0. The molecule has 92 valence electrons. The first-order valence-corrected chi connectivity index (χ1v) is 6.80. The number of hydrogen-bond donors (Lipinski definition) is 1. The molecule has 6 heteroatoms. The van der Waals surface area contributed by atoms with Gasteiger partial charge in [-0.3, -0.25) is 9.67 Å². The van der Waals surface area contributed by atoms with E-state index in [0.717, 1.165) is 16.4 Å². The maximum absolute atomic E-state index is 8.82. The predicted molar refractivity (Wildman–Crippen MR) is 76.8 cm³/mol. The first-order valence-electron chi connectivity index (χ1n) is 5.51. The van der Waals surface area contributed by atoms with E-state index in [1.807, 2.05) is 34.2 Å². The van der Waals surface area contributed by atoms with Crippen molar-refractivity contribution in [3.8, 4) is 22.5 Å². The SMILES string of the molecule is N#Cc1ccc(-n2c(-c3cccs3)n[nH]c2=S)cc1. The van der Waals surface area contributed by atoms with Crippen LogP contribution in [0.15, 0.2) is 41.8 Å². The summed E-state index contributed by atoms with van der Waals surface area (Å²) >= 11 is 6.88. The molecule has 0 amide bonds. The topological polar surface area (TPSA) is 57.4 Å². The van der Waals surface area contributed by atoms with Crippen molar-refractivity contribution in [2.24, 2.45) is 0 Å². The van der Waals surface area contributed by atoms with E-state index in [0.29, 0.717) is 10.3 Å². The van der Waals surface area contributed by atoms with E-state index in [1.54, 1.807) is 23.5 Å². The maximum atomic E-state index is 8.82. The molecule has 3 aromatic rings. The van der Waals surface area contributed by atoms with Gasteiger partial charge in [-0.15, -0.1) is 11.3 Å². The Morgan fingerprint density at radius 2 is 2.05 bits per heavy atom. The summed E-state index contributed by atoms with van der Waals surface area (Å²) in [5.41, 5.74) is 1.51. The van der Waals surface area contributed by atoms with E-state index < -0.39 is 0 Å². The predicted octanol–water partition coefficient (Wildman–Crippen LogP) is 3.53. The Labute approximate surface area is 118 Å². The number of nitrogens with zero attached hydrogens (tertiary/aromatic N) is 3. The molecule has 1 N–H and O–H groups in total. The van der Waals surface area contributed by atoms with Crippen LogP contribution in [-0.2, 0) is 0 Å². The van der Waals surface area contributed by atoms with Crippen LogP contribution in [0.25, 0.3) is 16.4 Å². The normalized spacial score (nSPS) is 10.3. The third kappa shape index (κ3) is 2.10. The van der Waals surface area contributed by atoms with Crippen molar-refractivity contribution in [3.63, 3.8) is 0 Å². The molecule has 0 aliphatic heterocycles. The summed E-state index contributed by atoms with van der Waals surface area (Å²) in [6.45, 7) is 0. The van der Waals surface area contributed by atoms with E-state index in [-0.39, 0.29) is 0 Å². The van der Waals surface area contributed by atoms with Gasteiger partial charge in [-0.05, 0) is 47.9 Å². The number of thiophene rings is 1. The molecule has 0 saturated heterocycles.